The first-order valence-electron chi connectivity index (χ1n) is 10.2. The quantitative estimate of drug-likeness (QED) is 0.424. The van der Waals surface area contributed by atoms with Crippen LogP contribution in [0.5, 0.6) is 11.5 Å². The summed E-state index contributed by atoms with van der Waals surface area (Å²) in [4.78, 5) is 13.8. The van der Waals surface area contributed by atoms with E-state index in [1.54, 1.807) is 6.07 Å². The van der Waals surface area contributed by atoms with Gasteiger partial charge in [-0.3, -0.25) is 4.79 Å². The van der Waals surface area contributed by atoms with Gasteiger partial charge < -0.3 is 9.84 Å². The summed E-state index contributed by atoms with van der Waals surface area (Å²) >= 11 is 0. The second-order valence-corrected chi connectivity index (χ2v) is 8.76. The summed E-state index contributed by atoms with van der Waals surface area (Å²) in [6.45, 7) is 3.90. The number of phenolic OH excluding ortho intramolecular Hbond substituents is 1. The lowest BCUT2D eigenvalue weighted by molar-refractivity contribution is -0.122. The van der Waals surface area contributed by atoms with Crippen LogP contribution in [0.1, 0.15) is 30.5 Å². The molecule has 0 fully saturated rings. The molecule has 2 atom stereocenters. The summed E-state index contributed by atoms with van der Waals surface area (Å²) in [5.74, 6) is 0.949. The minimum atomic E-state index is -0.934. The zero-order valence-electron chi connectivity index (χ0n) is 16.6. The van der Waals surface area contributed by atoms with Gasteiger partial charge in [-0.2, -0.15) is 0 Å². The van der Waals surface area contributed by atoms with Crippen molar-refractivity contribution in [3.63, 3.8) is 0 Å². The van der Waals surface area contributed by atoms with Crippen molar-refractivity contribution in [1.82, 2.24) is 0 Å². The second-order valence-electron chi connectivity index (χ2n) is 8.76. The van der Waals surface area contributed by atoms with Crippen molar-refractivity contribution in [2.45, 2.75) is 24.9 Å². The fourth-order valence-corrected chi connectivity index (χ4v) is 6.28. The van der Waals surface area contributed by atoms with Crippen molar-refractivity contribution in [3.05, 3.63) is 89.0 Å². The summed E-state index contributed by atoms with van der Waals surface area (Å²) in [5.41, 5.74) is 2.77. The van der Waals surface area contributed by atoms with Gasteiger partial charge in [-0.15, -0.1) is 0 Å². The summed E-state index contributed by atoms with van der Waals surface area (Å²) in [6, 6.07) is 21.9. The highest BCUT2D eigenvalue weighted by Gasteiger charge is 2.71. The average molecular weight is 390 g/mol. The highest BCUT2D eigenvalue weighted by atomic mass is 16.5. The maximum absolute atomic E-state index is 13.8. The minimum absolute atomic E-state index is 0.0671. The number of ketones is 1. The molecule has 0 saturated carbocycles. The molecule has 0 saturated heterocycles. The van der Waals surface area contributed by atoms with Gasteiger partial charge in [0.2, 0.25) is 0 Å². The molecule has 0 unspecified atom stereocenters. The number of Topliss-reactive ketones (excluding diaryl/α,β-unsaturated/α-hetero) is 1. The normalized spacial score (nSPS) is 25.6. The number of fused-ring (bicyclic) bond motifs is 5. The van der Waals surface area contributed by atoms with Gasteiger partial charge in [0.15, 0.2) is 11.4 Å². The molecular weight excluding hydrogens is 372 g/mol. The topological polar surface area (TPSA) is 46.5 Å². The van der Waals surface area contributed by atoms with Crippen LogP contribution < -0.4 is 4.74 Å². The largest absolute Gasteiger partial charge is 0.507 e. The molecule has 1 N–H and O–H groups in total. The molecule has 2 aliphatic carbocycles. The molecule has 0 amide bonds. The number of hydrogen-bond donors (Lipinski definition) is 1. The Hall–Kier alpha value is -3.59. The standard InChI is InChI=1S/C27H18O3/c1-14-23-18-11-5-7-15-8-6-12-19(22(15)18)27(23)26(2,25(14)29)20-13-21(28)16-9-3-4-10-17(16)24(20)30-27/h3-13,28H,1-2H3/t26-,27+/m1/s1. The maximum Gasteiger partial charge on any atom is 0.177 e. The molecule has 30 heavy (non-hydrogen) atoms. The summed E-state index contributed by atoms with van der Waals surface area (Å²) in [6.07, 6.45) is 0. The van der Waals surface area contributed by atoms with Crippen molar-refractivity contribution >= 4 is 32.9 Å². The lowest BCUT2D eigenvalue weighted by Gasteiger charge is -2.35. The van der Waals surface area contributed by atoms with Gasteiger partial charge in [-0.1, -0.05) is 60.7 Å². The Morgan fingerprint density at radius 3 is 2.43 bits per heavy atom. The van der Waals surface area contributed by atoms with Gasteiger partial charge in [-0.25, -0.2) is 0 Å². The van der Waals surface area contributed by atoms with E-state index >= 15 is 0 Å². The van der Waals surface area contributed by atoms with Crippen molar-refractivity contribution in [3.8, 4) is 11.5 Å². The Labute approximate surface area is 173 Å². The van der Waals surface area contributed by atoms with Crippen LogP contribution in [-0.4, -0.2) is 10.9 Å². The first kappa shape index (κ1) is 16.2. The molecule has 3 heteroatoms. The van der Waals surface area contributed by atoms with Crippen LogP contribution in [0.15, 0.2) is 72.3 Å². The number of hydrogen-bond acceptors (Lipinski definition) is 3. The zero-order chi connectivity index (χ0) is 20.4. The zero-order valence-corrected chi connectivity index (χ0v) is 16.6. The predicted octanol–water partition coefficient (Wildman–Crippen LogP) is 5.61. The Balaban J connectivity index is 1.68. The molecule has 0 radical (unpaired) electrons. The maximum atomic E-state index is 13.8. The Kier molecular flexibility index (Phi) is 2.57. The Morgan fingerprint density at radius 1 is 0.900 bits per heavy atom. The van der Waals surface area contributed by atoms with Gasteiger partial charge in [-0.05, 0) is 36.2 Å². The molecule has 0 bridgehead atoms. The second kappa shape index (κ2) is 4.76. The van der Waals surface area contributed by atoms with Crippen LogP contribution in [0.3, 0.4) is 0 Å². The number of benzene rings is 4. The third-order valence-corrected chi connectivity index (χ3v) is 7.55. The highest BCUT2D eigenvalue weighted by Crippen LogP contribution is 2.70. The van der Waals surface area contributed by atoms with E-state index in [1.165, 1.54) is 0 Å². The molecule has 1 aliphatic heterocycles. The molecule has 3 aliphatic rings. The van der Waals surface area contributed by atoms with Crippen molar-refractivity contribution in [1.29, 1.82) is 0 Å². The van der Waals surface area contributed by atoms with Crippen LogP contribution in [0.2, 0.25) is 0 Å². The fourth-order valence-electron chi connectivity index (χ4n) is 6.28. The molecular formula is C27H18O3. The van der Waals surface area contributed by atoms with Crippen LogP contribution in [0, 0.1) is 0 Å². The summed E-state index contributed by atoms with van der Waals surface area (Å²) in [5, 5.41) is 14.7. The van der Waals surface area contributed by atoms with Crippen molar-refractivity contribution < 1.29 is 14.6 Å². The number of carbonyl (C=O) groups is 1. The molecule has 1 spiro atoms. The van der Waals surface area contributed by atoms with Gasteiger partial charge in [0.05, 0.1) is 0 Å². The number of phenols is 1. The Bertz CT molecular complexity index is 1520. The van der Waals surface area contributed by atoms with E-state index in [0.717, 1.165) is 49.4 Å². The van der Waals surface area contributed by atoms with Crippen LogP contribution >= 0.6 is 0 Å². The molecule has 7 rings (SSSR count). The monoisotopic (exact) mass is 390 g/mol. The molecule has 144 valence electrons. The summed E-state index contributed by atoms with van der Waals surface area (Å²) < 4.78 is 6.94. The van der Waals surface area contributed by atoms with Gasteiger partial charge in [0.1, 0.15) is 16.9 Å². The number of allylic oxidation sites excluding steroid dienone is 1. The summed E-state index contributed by atoms with van der Waals surface area (Å²) in [7, 11) is 0. The third-order valence-electron chi connectivity index (χ3n) is 7.55. The average Bonchev–Trinajstić information content (AvgIpc) is 3.26. The predicted molar refractivity (Wildman–Crippen MR) is 117 cm³/mol. The third kappa shape index (κ3) is 1.41. The first-order chi connectivity index (χ1) is 14.5. The molecule has 0 aromatic heterocycles. The van der Waals surface area contributed by atoms with E-state index < -0.39 is 11.0 Å². The number of ether oxygens (including phenoxy) is 1. The fraction of sp³-hybridized carbons (Fsp3) is 0.148. The van der Waals surface area contributed by atoms with E-state index in [9.17, 15) is 9.90 Å². The lowest BCUT2D eigenvalue weighted by atomic mass is 9.67. The van der Waals surface area contributed by atoms with Crippen molar-refractivity contribution in [2.75, 3.05) is 0 Å². The van der Waals surface area contributed by atoms with E-state index in [-0.39, 0.29) is 11.5 Å². The van der Waals surface area contributed by atoms with Crippen LogP contribution in [0.4, 0.5) is 0 Å². The first-order valence-corrected chi connectivity index (χ1v) is 10.2. The highest BCUT2D eigenvalue weighted by molar-refractivity contribution is 6.24. The van der Waals surface area contributed by atoms with Gasteiger partial charge in [0.25, 0.3) is 0 Å². The number of carbonyl (C=O) groups excluding carboxylic acids is 1. The number of rotatable bonds is 0. The van der Waals surface area contributed by atoms with E-state index in [1.807, 2.05) is 50.2 Å². The molecule has 4 aromatic rings. The van der Waals surface area contributed by atoms with Gasteiger partial charge >= 0.3 is 0 Å². The molecule has 1 heterocycles. The SMILES string of the molecule is CC1=C2c3cccc4cccc(c34)[C@]23Oc2c(cc(O)c4ccccc24)[C@]3(C)C1=O. The van der Waals surface area contributed by atoms with Crippen LogP contribution in [-0.2, 0) is 15.8 Å². The van der Waals surface area contributed by atoms with Gasteiger partial charge in [0, 0.05) is 33.0 Å². The van der Waals surface area contributed by atoms with Crippen LogP contribution in [0.25, 0.3) is 27.1 Å². The number of aromatic hydroxyl groups is 1. The lowest BCUT2D eigenvalue weighted by Crippen LogP contribution is -2.46. The Morgan fingerprint density at radius 2 is 1.63 bits per heavy atom. The van der Waals surface area contributed by atoms with E-state index in [0.29, 0.717) is 5.75 Å². The smallest absolute Gasteiger partial charge is 0.177 e. The van der Waals surface area contributed by atoms with E-state index in [4.69, 9.17) is 4.74 Å². The molecule has 3 nitrogen and oxygen atoms in total. The van der Waals surface area contributed by atoms with Crippen molar-refractivity contribution in [2.24, 2.45) is 0 Å². The minimum Gasteiger partial charge on any atom is -0.507 e. The molecule has 4 aromatic carbocycles. The van der Waals surface area contributed by atoms with E-state index in [2.05, 4.69) is 24.3 Å².